The Hall–Kier alpha value is -1.63. The highest BCUT2D eigenvalue weighted by Gasteiger charge is 2.38. The zero-order valence-corrected chi connectivity index (χ0v) is 15.6. The van der Waals surface area contributed by atoms with Crippen LogP contribution in [0, 0.1) is 6.92 Å². The van der Waals surface area contributed by atoms with Crippen molar-refractivity contribution >= 4 is 46.4 Å². The summed E-state index contributed by atoms with van der Waals surface area (Å²) in [6.07, 6.45) is -6.01. The summed E-state index contributed by atoms with van der Waals surface area (Å²) >= 11 is 17.5. The van der Waals surface area contributed by atoms with Gasteiger partial charge >= 0.3 is 6.18 Å². The molecule has 0 heterocycles. The fraction of sp³-hybridized carbons (Fsp3) is 0.235. The van der Waals surface area contributed by atoms with E-state index >= 15 is 0 Å². The molecule has 1 atom stereocenters. The molecule has 2 rings (SSSR count). The first-order valence-electron chi connectivity index (χ1n) is 7.35. The van der Waals surface area contributed by atoms with Crippen LogP contribution in [0.25, 0.3) is 0 Å². The van der Waals surface area contributed by atoms with Gasteiger partial charge in [-0.15, -0.1) is 0 Å². The maximum Gasteiger partial charge on any atom is 0.418 e. The van der Waals surface area contributed by atoms with Crippen LogP contribution < -0.4 is 10.6 Å². The third-order valence-electron chi connectivity index (χ3n) is 3.45. The lowest BCUT2D eigenvalue weighted by molar-refractivity contribution is -0.137. The summed E-state index contributed by atoms with van der Waals surface area (Å²) in [5.74, 6) is -0.599. The lowest BCUT2D eigenvalue weighted by Gasteiger charge is -2.28. The summed E-state index contributed by atoms with van der Waals surface area (Å²) in [5, 5.41) is 4.87. The summed E-state index contributed by atoms with van der Waals surface area (Å²) in [5.41, 5.74) is -0.0400. The summed E-state index contributed by atoms with van der Waals surface area (Å²) in [6, 6.07) is 11.3. The van der Waals surface area contributed by atoms with Crippen molar-refractivity contribution < 1.29 is 18.0 Å². The van der Waals surface area contributed by atoms with E-state index in [4.69, 9.17) is 34.8 Å². The van der Waals surface area contributed by atoms with Crippen molar-refractivity contribution in [2.45, 2.75) is 23.1 Å². The molecular formula is C17H14Cl3F3N2O. The average Bonchev–Trinajstić information content (AvgIpc) is 2.53. The van der Waals surface area contributed by atoms with Gasteiger partial charge in [0.05, 0.1) is 5.56 Å². The van der Waals surface area contributed by atoms with Gasteiger partial charge in [-0.1, -0.05) is 64.6 Å². The SMILES string of the molecule is Cc1ccc(C(=O)NC(Nc2ccccc2C(F)(F)F)C(Cl)(Cl)Cl)cc1. The molecule has 0 aliphatic heterocycles. The molecule has 0 aliphatic rings. The molecule has 0 fully saturated rings. The van der Waals surface area contributed by atoms with E-state index in [0.29, 0.717) is 0 Å². The third kappa shape index (κ3) is 5.43. The van der Waals surface area contributed by atoms with Gasteiger partial charge in [-0.3, -0.25) is 4.79 Å². The van der Waals surface area contributed by atoms with E-state index < -0.39 is 27.6 Å². The fourth-order valence-electron chi connectivity index (χ4n) is 2.13. The molecule has 0 saturated carbocycles. The molecule has 2 aromatic carbocycles. The fourth-order valence-corrected chi connectivity index (χ4v) is 2.46. The quantitative estimate of drug-likeness (QED) is 0.498. The van der Waals surface area contributed by atoms with Crippen LogP contribution in [-0.2, 0) is 6.18 Å². The molecule has 0 radical (unpaired) electrons. The summed E-state index contributed by atoms with van der Waals surface area (Å²) in [4.78, 5) is 12.3. The third-order valence-corrected chi connectivity index (χ3v) is 4.10. The van der Waals surface area contributed by atoms with Gasteiger partial charge in [0.25, 0.3) is 5.91 Å². The highest BCUT2D eigenvalue weighted by Crippen LogP contribution is 2.37. The Balaban J connectivity index is 2.27. The number of hydrogen-bond acceptors (Lipinski definition) is 2. The highest BCUT2D eigenvalue weighted by atomic mass is 35.6. The Bertz CT molecular complexity index is 774. The predicted molar refractivity (Wildman–Crippen MR) is 97.8 cm³/mol. The zero-order chi connectivity index (χ0) is 19.5. The molecule has 2 aromatic rings. The second kappa shape index (κ2) is 7.94. The molecular weight excluding hydrogens is 412 g/mol. The molecule has 0 aromatic heterocycles. The summed E-state index contributed by atoms with van der Waals surface area (Å²) < 4.78 is 37.3. The normalized spacial score (nSPS) is 13.2. The number of nitrogens with one attached hydrogen (secondary N) is 2. The molecule has 9 heteroatoms. The molecule has 140 valence electrons. The number of aryl methyl sites for hydroxylation is 1. The van der Waals surface area contributed by atoms with Crippen LogP contribution >= 0.6 is 34.8 Å². The Morgan fingerprint density at radius 2 is 1.58 bits per heavy atom. The first-order valence-corrected chi connectivity index (χ1v) is 8.49. The van der Waals surface area contributed by atoms with Crippen LogP contribution in [-0.4, -0.2) is 15.9 Å². The lowest BCUT2D eigenvalue weighted by atomic mass is 10.1. The van der Waals surface area contributed by atoms with Crippen molar-refractivity contribution in [1.82, 2.24) is 5.32 Å². The number of rotatable bonds is 4. The van der Waals surface area contributed by atoms with Crippen LogP contribution in [0.15, 0.2) is 48.5 Å². The maximum atomic E-state index is 13.1. The average molecular weight is 426 g/mol. The van der Waals surface area contributed by atoms with Gasteiger partial charge in [0, 0.05) is 11.3 Å². The maximum absolute atomic E-state index is 13.1. The summed E-state index contributed by atoms with van der Waals surface area (Å²) in [7, 11) is 0. The standard InChI is InChI=1S/C17H14Cl3F3N2O/c1-10-6-8-11(9-7-10)14(26)25-15(16(18,19)20)24-13-5-3-2-4-12(13)17(21,22)23/h2-9,15,24H,1H3,(H,25,26). The van der Waals surface area contributed by atoms with E-state index in [1.807, 2.05) is 6.92 Å². The molecule has 26 heavy (non-hydrogen) atoms. The highest BCUT2D eigenvalue weighted by molar-refractivity contribution is 6.68. The van der Waals surface area contributed by atoms with Crippen molar-refractivity contribution in [3.63, 3.8) is 0 Å². The Morgan fingerprint density at radius 1 is 1.00 bits per heavy atom. The lowest BCUT2D eigenvalue weighted by Crippen LogP contribution is -2.49. The first-order chi connectivity index (χ1) is 12.0. The number of halogens is 6. The van der Waals surface area contributed by atoms with Crippen LogP contribution in [0.1, 0.15) is 21.5 Å². The van der Waals surface area contributed by atoms with Gasteiger partial charge < -0.3 is 10.6 Å². The van der Waals surface area contributed by atoms with Crippen LogP contribution in [0.3, 0.4) is 0 Å². The topological polar surface area (TPSA) is 41.1 Å². The van der Waals surface area contributed by atoms with Gasteiger partial charge in [0.15, 0.2) is 0 Å². The van der Waals surface area contributed by atoms with Crippen molar-refractivity contribution in [3.05, 3.63) is 65.2 Å². The van der Waals surface area contributed by atoms with Crippen LogP contribution in [0.4, 0.5) is 18.9 Å². The Morgan fingerprint density at radius 3 is 2.12 bits per heavy atom. The second-order valence-corrected chi connectivity index (χ2v) is 7.87. The van der Waals surface area contributed by atoms with E-state index in [0.717, 1.165) is 11.6 Å². The number of para-hydroxylation sites is 1. The van der Waals surface area contributed by atoms with E-state index in [-0.39, 0.29) is 11.3 Å². The molecule has 1 amide bonds. The molecule has 0 spiro atoms. The summed E-state index contributed by atoms with van der Waals surface area (Å²) in [6.45, 7) is 1.85. The number of amides is 1. The van der Waals surface area contributed by atoms with E-state index in [9.17, 15) is 18.0 Å². The van der Waals surface area contributed by atoms with E-state index in [1.54, 1.807) is 24.3 Å². The zero-order valence-electron chi connectivity index (χ0n) is 13.4. The number of hydrogen-bond donors (Lipinski definition) is 2. The predicted octanol–water partition coefficient (Wildman–Crippen LogP) is 5.55. The number of carbonyl (C=O) groups excluding carboxylic acids is 1. The molecule has 3 nitrogen and oxygen atoms in total. The molecule has 0 saturated heterocycles. The number of alkyl halides is 6. The number of carbonyl (C=O) groups is 1. The Kier molecular flexibility index (Phi) is 6.32. The van der Waals surface area contributed by atoms with Crippen LogP contribution in [0.2, 0.25) is 0 Å². The van der Waals surface area contributed by atoms with Crippen LogP contribution in [0.5, 0.6) is 0 Å². The largest absolute Gasteiger partial charge is 0.418 e. The smallest absolute Gasteiger partial charge is 0.361 e. The van der Waals surface area contributed by atoms with Crippen molar-refractivity contribution in [1.29, 1.82) is 0 Å². The van der Waals surface area contributed by atoms with Gasteiger partial charge in [0.2, 0.25) is 3.79 Å². The molecule has 2 N–H and O–H groups in total. The van der Waals surface area contributed by atoms with Gasteiger partial charge in [-0.05, 0) is 31.2 Å². The number of benzene rings is 2. The molecule has 0 bridgehead atoms. The molecule has 0 aliphatic carbocycles. The van der Waals surface area contributed by atoms with Crippen molar-refractivity contribution in [2.75, 3.05) is 5.32 Å². The van der Waals surface area contributed by atoms with Gasteiger partial charge in [-0.2, -0.15) is 13.2 Å². The first kappa shape index (κ1) is 20.7. The van der Waals surface area contributed by atoms with E-state index in [2.05, 4.69) is 10.6 Å². The second-order valence-electron chi connectivity index (χ2n) is 5.50. The van der Waals surface area contributed by atoms with E-state index in [1.165, 1.54) is 18.2 Å². The molecule has 1 unspecified atom stereocenters. The van der Waals surface area contributed by atoms with Crippen molar-refractivity contribution in [2.24, 2.45) is 0 Å². The minimum absolute atomic E-state index is 0.278. The number of anilines is 1. The minimum Gasteiger partial charge on any atom is -0.361 e. The van der Waals surface area contributed by atoms with Crippen molar-refractivity contribution in [3.8, 4) is 0 Å². The monoisotopic (exact) mass is 424 g/mol. The Labute approximate surface area is 163 Å². The minimum atomic E-state index is -4.61. The van der Waals surface area contributed by atoms with Gasteiger partial charge in [0.1, 0.15) is 6.17 Å². The van der Waals surface area contributed by atoms with Gasteiger partial charge in [-0.25, -0.2) is 0 Å².